The second kappa shape index (κ2) is 10.4. The van der Waals surface area contributed by atoms with Crippen LogP contribution in [0.2, 0.25) is 0 Å². The lowest BCUT2D eigenvalue weighted by molar-refractivity contribution is -0.139. The van der Waals surface area contributed by atoms with Crippen molar-refractivity contribution in [3.63, 3.8) is 0 Å². The first-order valence-electron chi connectivity index (χ1n) is 7.10. The molecule has 0 aromatic heterocycles. The third-order valence-electron chi connectivity index (χ3n) is 3.00. The lowest BCUT2D eigenvalue weighted by atomic mass is 10.0. The van der Waals surface area contributed by atoms with Crippen LogP contribution in [0.4, 0.5) is 0 Å². The SMILES string of the molecule is CC(=O)OCC=C(C)[C@H](O)CC=C(C)CCC=C(C)C. The Balaban J connectivity index is 4.14. The standard InChI is InChI=1S/C17H28O3/c1-13(2)7-6-8-14(3)9-10-17(19)15(4)11-12-20-16(5)18/h7,9,11,17,19H,6,8,10,12H2,1-5H3/t17-/m1/s1. The maximum atomic E-state index is 10.6. The van der Waals surface area contributed by atoms with Gasteiger partial charge in [0, 0.05) is 6.92 Å². The summed E-state index contributed by atoms with van der Waals surface area (Å²) >= 11 is 0. The second-order valence-corrected chi connectivity index (χ2v) is 5.37. The summed E-state index contributed by atoms with van der Waals surface area (Å²) in [6, 6.07) is 0. The molecule has 0 aliphatic rings. The monoisotopic (exact) mass is 280 g/mol. The van der Waals surface area contributed by atoms with Gasteiger partial charge in [-0.05, 0) is 58.6 Å². The van der Waals surface area contributed by atoms with Crippen molar-refractivity contribution in [2.24, 2.45) is 0 Å². The first-order valence-corrected chi connectivity index (χ1v) is 7.10. The van der Waals surface area contributed by atoms with Gasteiger partial charge in [-0.15, -0.1) is 0 Å². The van der Waals surface area contributed by atoms with Crippen LogP contribution >= 0.6 is 0 Å². The van der Waals surface area contributed by atoms with E-state index >= 15 is 0 Å². The van der Waals surface area contributed by atoms with E-state index < -0.39 is 6.10 Å². The molecule has 0 amide bonds. The molecule has 0 radical (unpaired) electrons. The number of aliphatic hydroxyl groups is 1. The minimum absolute atomic E-state index is 0.224. The van der Waals surface area contributed by atoms with Crippen molar-refractivity contribution in [1.29, 1.82) is 0 Å². The van der Waals surface area contributed by atoms with E-state index in [-0.39, 0.29) is 12.6 Å². The van der Waals surface area contributed by atoms with Gasteiger partial charge in [0.15, 0.2) is 0 Å². The highest BCUT2D eigenvalue weighted by molar-refractivity contribution is 5.66. The number of hydrogen-bond donors (Lipinski definition) is 1. The van der Waals surface area contributed by atoms with E-state index in [1.165, 1.54) is 18.1 Å². The van der Waals surface area contributed by atoms with Gasteiger partial charge in [0.2, 0.25) is 0 Å². The lowest BCUT2D eigenvalue weighted by Crippen LogP contribution is -2.08. The van der Waals surface area contributed by atoms with E-state index in [1.54, 1.807) is 6.08 Å². The third kappa shape index (κ3) is 10.6. The largest absolute Gasteiger partial charge is 0.462 e. The van der Waals surface area contributed by atoms with E-state index in [2.05, 4.69) is 32.9 Å². The summed E-state index contributed by atoms with van der Waals surface area (Å²) in [4.78, 5) is 10.6. The number of esters is 1. The summed E-state index contributed by atoms with van der Waals surface area (Å²) in [7, 11) is 0. The van der Waals surface area contributed by atoms with Crippen LogP contribution in [0.25, 0.3) is 0 Å². The van der Waals surface area contributed by atoms with Crippen LogP contribution in [-0.2, 0) is 9.53 Å². The summed E-state index contributed by atoms with van der Waals surface area (Å²) in [6.45, 7) is 9.73. The zero-order valence-electron chi connectivity index (χ0n) is 13.4. The quantitative estimate of drug-likeness (QED) is 0.541. The molecule has 0 bridgehead atoms. The number of ether oxygens (including phenoxy) is 1. The van der Waals surface area contributed by atoms with Crippen molar-refractivity contribution < 1.29 is 14.6 Å². The summed E-state index contributed by atoms with van der Waals surface area (Å²) < 4.78 is 4.82. The first-order chi connectivity index (χ1) is 9.32. The molecule has 3 heteroatoms. The predicted molar refractivity (Wildman–Crippen MR) is 83.4 cm³/mol. The second-order valence-electron chi connectivity index (χ2n) is 5.37. The molecule has 1 N–H and O–H groups in total. The Morgan fingerprint density at radius 1 is 1.10 bits per heavy atom. The Morgan fingerprint density at radius 3 is 2.30 bits per heavy atom. The molecule has 0 spiro atoms. The average Bonchev–Trinajstić information content (AvgIpc) is 2.34. The Kier molecular flexibility index (Phi) is 9.73. The van der Waals surface area contributed by atoms with E-state index in [1.807, 2.05) is 6.92 Å². The normalized spacial score (nSPS) is 13.9. The third-order valence-corrected chi connectivity index (χ3v) is 3.00. The fourth-order valence-electron chi connectivity index (χ4n) is 1.62. The van der Waals surface area contributed by atoms with Crippen molar-refractivity contribution in [2.75, 3.05) is 6.61 Å². The van der Waals surface area contributed by atoms with Crippen molar-refractivity contribution >= 4 is 5.97 Å². The smallest absolute Gasteiger partial charge is 0.302 e. The molecule has 114 valence electrons. The zero-order chi connectivity index (χ0) is 15.5. The molecule has 20 heavy (non-hydrogen) atoms. The zero-order valence-corrected chi connectivity index (χ0v) is 13.4. The Hall–Kier alpha value is -1.35. The van der Waals surface area contributed by atoms with Crippen LogP contribution in [0, 0.1) is 0 Å². The number of hydrogen-bond acceptors (Lipinski definition) is 3. The van der Waals surface area contributed by atoms with Crippen LogP contribution in [0.3, 0.4) is 0 Å². The Morgan fingerprint density at radius 2 is 1.75 bits per heavy atom. The van der Waals surface area contributed by atoms with Gasteiger partial charge in [-0.3, -0.25) is 4.79 Å². The number of rotatable bonds is 8. The molecule has 0 fully saturated rings. The van der Waals surface area contributed by atoms with Crippen LogP contribution in [0.5, 0.6) is 0 Å². The van der Waals surface area contributed by atoms with Gasteiger partial charge in [-0.1, -0.05) is 23.3 Å². The van der Waals surface area contributed by atoms with Gasteiger partial charge in [0.1, 0.15) is 6.61 Å². The molecule has 0 unspecified atom stereocenters. The van der Waals surface area contributed by atoms with Gasteiger partial charge in [-0.25, -0.2) is 0 Å². The van der Waals surface area contributed by atoms with Crippen LogP contribution < -0.4 is 0 Å². The molecule has 0 aliphatic carbocycles. The topological polar surface area (TPSA) is 46.5 Å². The van der Waals surface area contributed by atoms with E-state index in [4.69, 9.17) is 4.74 Å². The molecule has 1 atom stereocenters. The molecule has 0 aliphatic heterocycles. The van der Waals surface area contributed by atoms with E-state index in [0.29, 0.717) is 6.42 Å². The van der Waals surface area contributed by atoms with Crippen LogP contribution in [-0.4, -0.2) is 23.8 Å². The van der Waals surface area contributed by atoms with Crippen molar-refractivity contribution in [2.45, 2.75) is 60.0 Å². The number of aliphatic hydroxyl groups excluding tert-OH is 1. The first kappa shape index (κ1) is 18.7. The molecule has 0 aromatic carbocycles. The molecule has 0 saturated carbocycles. The molecule has 3 nitrogen and oxygen atoms in total. The number of carbonyl (C=O) groups excluding carboxylic acids is 1. The fourth-order valence-corrected chi connectivity index (χ4v) is 1.62. The molecule has 0 rings (SSSR count). The highest BCUT2D eigenvalue weighted by Crippen LogP contribution is 2.12. The van der Waals surface area contributed by atoms with Gasteiger partial charge >= 0.3 is 5.97 Å². The molecular weight excluding hydrogens is 252 g/mol. The summed E-state index contributed by atoms with van der Waals surface area (Å²) in [5.74, 6) is -0.307. The lowest BCUT2D eigenvalue weighted by Gasteiger charge is -2.10. The summed E-state index contributed by atoms with van der Waals surface area (Å²) in [6.07, 6.45) is 8.20. The van der Waals surface area contributed by atoms with Gasteiger partial charge in [0.05, 0.1) is 6.10 Å². The van der Waals surface area contributed by atoms with Gasteiger partial charge in [0.25, 0.3) is 0 Å². The van der Waals surface area contributed by atoms with Crippen molar-refractivity contribution in [3.8, 4) is 0 Å². The average molecular weight is 280 g/mol. The molecule has 0 aromatic rings. The maximum Gasteiger partial charge on any atom is 0.302 e. The summed E-state index contributed by atoms with van der Waals surface area (Å²) in [5, 5.41) is 9.98. The highest BCUT2D eigenvalue weighted by atomic mass is 16.5. The summed E-state index contributed by atoms with van der Waals surface area (Å²) in [5.41, 5.74) is 3.45. The minimum Gasteiger partial charge on any atom is -0.462 e. The Labute approximate surface area is 123 Å². The molecule has 0 saturated heterocycles. The minimum atomic E-state index is -0.510. The number of allylic oxidation sites excluding steroid dienone is 3. The van der Waals surface area contributed by atoms with E-state index in [9.17, 15) is 9.90 Å². The fraction of sp³-hybridized carbons (Fsp3) is 0.588. The highest BCUT2D eigenvalue weighted by Gasteiger charge is 2.04. The maximum absolute atomic E-state index is 10.6. The Bertz CT molecular complexity index is 385. The van der Waals surface area contributed by atoms with Gasteiger partial charge < -0.3 is 9.84 Å². The van der Waals surface area contributed by atoms with Crippen molar-refractivity contribution in [3.05, 3.63) is 34.9 Å². The van der Waals surface area contributed by atoms with Crippen LogP contribution in [0.15, 0.2) is 34.9 Å². The van der Waals surface area contributed by atoms with E-state index in [0.717, 1.165) is 18.4 Å². The van der Waals surface area contributed by atoms with Crippen LogP contribution in [0.1, 0.15) is 53.9 Å². The predicted octanol–water partition coefficient (Wildman–Crippen LogP) is 3.94. The molecular formula is C17H28O3. The number of carbonyl (C=O) groups is 1. The van der Waals surface area contributed by atoms with Gasteiger partial charge in [-0.2, -0.15) is 0 Å². The van der Waals surface area contributed by atoms with Crippen molar-refractivity contribution in [1.82, 2.24) is 0 Å². The molecule has 0 heterocycles.